The van der Waals surface area contributed by atoms with Gasteiger partial charge in [0.2, 0.25) is 5.28 Å². The highest BCUT2D eigenvalue weighted by molar-refractivity contribution is 6.28. The van der Waals surface area contributed by atoms with Crippen LogP contribution in [0.1, 0.15) is 11.1 Å². The van der Waals surface area contributed by atoms with Crippen LogP contribution >= 0.6 is 11.6 Å². The highest BCUT2D eigenvalue weighted by Crippen LogP contribution is 2.24. The Morgan fingerprint density at radius 1 is 1.06 bits per heavy atom. The van der Waals surface area contributed by atoms with Crippen molar-refractivity contribution in [1.29, 1.82) is 0 Å². The molecule has 17 heavy (non-hydrogen) atoms. The summed E-state index contributed by atoms with van der Waals surface area (Å²) in [5.41, 5.74) is 3.97. The number of halogens is 1. The van der Waals surface area contributed by atoms with E-state index in [4.69, 9.17) is 11.6 Å². The van der Waals surface area contributed by atoms with E-state index in [1.54, 1.807) is 6.20 Å². The molecule has 0 fully saturated rings. The zero-order valence-electron chi connectivity index (χ0n) is 9.53. The Labute approximate surface area is 103 Å². The summed E-state index contributed by atoms with van der Waals surface area (Å²) in [6.45, 7) is 4.12. The third-order valence-electron chi connectivity index (χ3n) is 2.92. The summed E-state index contributed by atoms with van der Waals surface area (Å²) in [6.07, 6.45) is 1.71. The molecule has 0 bridgehead atoms. The summed E-state index contributed by atoms with van der Waals surface area (Å²) in [6, 6.07) is 6.23. The lowest BCUT2D eigenvalue weighted by molar-refractivity contribution is 1.19. The maximum atomic E-state index is 5.78. The molecule has 0 atom stereocenters. The largest absolute Gasteiger partial charge is 0.228 e. The van der Waals surface area contributed by atoms with Gasteiger partial charge in [-0.1, -0.05) is 12.1 Å². The molecule has 0 amide bonds. The van der Waals surface area contributed by atoms with Gasteiger partial charge in [-0.15, -0.1) is 0 Å². The SMILES string of the molecule is Cc1ccc(C)c2nc3nc(Cl)ncc3cc12. The molecule has 0 saturated carbocycles. The third-order valence-corrected chi connectivity index (χ3v) is 3.10. The molecule has 0 aliphatic heterocycles. The summed E-state index contributed by atoms with van der Waals surface area (Å²) < 4.78 is 0. The quantitative estimate of drug-likeness (QED) is 0.448. The topological polar surface area (TPSA) is 38.7 Å². The van der Waals surface area contributed by atoms with Crippen LogP contribution in [-0.4, -0.2) is 15.0 Å². The van der Waals surface area contributed by atoms with Gasteiger partial charge in [0.05, 0.1) is 5.52 Å². The first-order valence-electron chi connectivity index (χ1n) is 5.34. The smallest absolute Gasteiger partial charge is 0.224 e. The standard InChI is InChI=1S/C13H10ClN3/c1-7-3-4-8(2)11-10(7)5-9-6-15-13(14)17-12(9)16-11/h3-6H,1-2H3. The van der Waals surface area contributed by atoms with Crippen LogP contribution < -0.4 is 0 Å². The van der Waals surface area contributed by atoms with Crippen LogP contribution in [0.15, 0.2) is 24.4 Å². The number of aromatic nitrogens is 3. The van der Waals surface area contributed by atoms with E-state index in [-0.39, 0.29) is 5.28 Å². The molecule has 1 aromatic carbocycles. The molecule has 3 rings (SSSR count). The van der Waals surface area contributed by atoms with E-state index in [0.29, 0.717) is 5.65 Å². The number of nitrogens with zero attached hydrogens (tertiary/aromatic N) is 3. The average molecular weight is 244 g/mol. The van der Waals surface area contributed by atoms with E-state index < -0.39 is 0 Å². The maximum Gasteiger partial charge on any atom is 0.224 e. The zero-order chi connectivity index (χ0) is 12.0. The number of hydrogen-bond acceptors (Lipinski definition) is 3. The van der Waals surface area contributed by atoms with Crippen LogP contribution in [0.3, 0.4) is 0 Å². The van der Waals surface area contributed by atoms with Gasteiger partial charge in [0.15, 0.2) is 5.65 Å². The highest BCUT2D eigenvalue weighted by Gasteiger charge is 2.06. The minimum absolute atomic E-state index is 0.231. The van der Waals surface area contributed by atoms with Crippen LogP contribution in [0.4, 0.5) is 0 Å². The summed E-state index contributed by atoms with van der Waals surface area (Å²) in [7, 11) is 0. The predicted octanol–water partition coefficient (Wildman–Crippen LogP) is 3.45. The van der Waals surface area contributed by atoms with Crippen LogP contribution in [0, 0.1) is 13.8 Å². The minimum atomic E-state index is 0.231. The minimum Gasteiger partial charge on any atom is -0.228 e. The number of fused-ring (bicyclic) bond motifs is 2. The van der Waals surface area contributed by atoms with Crippen molar-refractivity contribution < 1.29 is 0 Å². The Morgan fingerprint density at radius 2 is 1.82 bits per heavy atom. The van der Waals surface area contributed by atoms with Crippen molar-refractivity contribution in [3.8, 4) is 0 Å². The van der Waals surface area contributed by atoms with E-state index in [1.807, 2.05) is 6.92 Å². The Bertz CT molecular complexity index is 737. The van der Waals surface area contributed by atoms with Crippen LogP contribution in [0.2, 0.25) is 5.28 Å². The van der Waals surface area contributed by atoms with Gasteiger partial charge in [-0.25, -0.2) is 9.97 Å². The Balaban J connectivity index is 2.52. The lowest BCUT2D eigenvalue weighted by atomic mass is 10.0. The molecular weight excluding hydrogens is 234 g/mol. The first kappa shape index (κ1) is 10.4. The molecule has 4 heteroatoms. The molecule has 0 aliphatic rings. The Hall–Kier alpha value is -1.74. The molecule has 0 aliphatic carbocycles. The van der Waals surface area contributed by atoms with Crippen LogP contribution in [0.25, 0.3) is 21.9 Å². The molecule has 0 spiro atoms. The fourth-order valence-electron chi connectivity index (χ4n) is 1.96. The van der Waals surface area contributed by atoms with Crippen molar-refractivity contribution in [2.24, 2.45) is 0 Å². The van der Waals surface area contributed by atoms with Crippen molar-refractivity contribution in [2.75, 3.05) is 0 Å². The predicted molar refractivity (Wildman–Crippen MR) is 69.3 cm³/mol. The van der Waals surface area contributed by atoms with Crippen molar-refractivity contribution in [3.05, 3.63) is 40.8 Å². The van der Waals surface area contributed by atoms with Gasteiger partial charge in [-0.3, -0.25) is 0 Å². The number of benzene rings is 1. The van der Waals surface area contributed by atoms with Gasteiger partial charge < -0.3 is 0 Å². The molecule has 3 nitrogen and oxygen atoms in total. The monoisotopic (exact) mass is 243 g/mol. The van der Waals surface area contributed by atoms with Crippen LogP contribution in [0.5, 0.6) is 0 Å². The normalized spacial score (nSPS) is 11.2. The fraction of sp³-hybridized carbons (Fsp3) is 0.154. The third kappa shape index (κ3) is 1.63. The average Bonchev–Trinajstić information content (AvgIpc) is 2.32. The second-order valence-corrected chi connectivity index (χ2v) is 4.47. The van der Waals surface area contributed by atoms with Gasteiger partial charge in [-0.05, 0) is 42.6 Å². The molecule has 0 saturated heterocycles. The second kappa shape index (κ2) is 3.64. The second-order valence-electron chi connectivity index (χ2n) is 4.14. The van der Waals surface area contributed by atoms with Crippen molar-refractivity contribution in [2.45, 2.75) is 13.8 Å². The summed E-state index contributed by atoms with van der Waals surface area (Å²) in [5, 5.41) is 2.29. The first-order valence-corrected chi connectivity index (χ1v) is 5.72. The van der Waals surface area contributed by atoms with E-state index in [9.17, 15) is 0 Å². The van der Waals surface area contributed by atoms with Gasteiger partial charge in [-0.2, -0.15) is 4.98 Å². The first-order chi connectivity index (χ1) is 8.15. The number of aryl methyl sites for hydroxylation is 2. The number of rotatable bonds is 0. The zero-order valence-corrected chi connectivity index (χ0v) is 10.3. The summed E-state index contributed by atoms with van der Waals surface area (Å²) >= 11 is 5.78. The lowest BCUT2D eigenvalue weighted by Crippen LogP contribution is -1.92. The highest BCUT2D eigenvalue weighted by atomic mass is 35.5. The summed E-state index contributed by atoms with van der Waals surface area (Å²) in [5.74, 6) is 0. The fourth-order valence-corrected chi connectivity index (χ4v) is 2.09. The van der Waals surface area contributed by atoms with Crippen molar-refractivity contribution in [3.63, 3.8) is 0 Å². The molecule has 0 unspecified atom stereocenters. The molecule has 3 aromatic rings. The van der Waals surface area contributed by atoms with E-state index in [2.05, 4.69) is 40.1 Å². The van der Waals surface area contributed by atoms with Gasteiger partial charge in [0.25, 0.3) is 0 Å². The van der Waals surface area contributed by atoms with E-state index in [0.717, 1.165) is 21.9 Å². The van der Waals surface area contributed by atoms with Gasteiger partial charge in [0.1, 0.15) is 0 Å². The number of hydrogen-bond donors (Lipinski definition) is 0. The number of pyridine rings is 1. The molecule has 0 N–H and O–H groups in total. The molecule has 84 valence electrons. The molecular formula is C13H10ClN3. The van der Waals surface area contributed by atoms with Crippen molar-refractivity contribution >= 4 is 33.5 Å². The van der Waals surface area contributed by atoms with Crippen molar-refractivity contribution in [1.82, 2.24) is 15.0 Å². The molecule has 0 radical (unpaired) electrons. The lowest BCUT2D eigenvalue weighted by Gasteiger charge is -2.06. The maximum absolute atomic E-state index is 5.78. The van der Waals surface area contributed by atoms with Crippen LogP contribution in [-0.2, 0) is 0 Å². The summed E-state index contributed by atoms with van der Waals surface area (Å²) in [4.78, 5) is 12.7. The Morgan fingerprint density at radius 3 is 2.65 bits per heavy atom. The molecule has 2 aromatic heterocycles. The van der Waals surface area contributed by atoms with E-state index >= 15 is 0 Å². The molecule has 2 heterocycles. The van der Waals surface area contributed by atoms with Gasteiger partial charge >= 0.3 is 0 Å². The Kier molecular flexibility index (Phi) is 2.23. The van der Waals surface area contributed by atoms with Gasteiger partial charge in [0, 0.05) is 17.0 Å². The van der Waals surface area contributed by atoms with E-state index in [1.165, 1.54) is 5.56 Å².